The molecule has 0 radical (unpaired) electrons. The summed E-state index contributed by atoms with van der Waals surface area (Å²) in [5.74, 6) is -0.873. The zero-order valence-electron chi connectivity index (χ0n) is 15.2. The van der Waals surface area contributed by atoms with Crippen LogP contribution in [0.15, 0.2) is 48.0 Å². The zero-order chi connectivity index (χ0) is 18.6. The summed E-state index contributed by atoms with van der Waals surface area (Å²) < 4.78 is 0. The van der Waals surface area contributed by atoms with Crippen LogP contribution in [0.2, 0.25) is 0 Å². The molecule has 27 heavy (non-hydrogen) atoms. The second-order valence-electron chi connectivity index (χ2n) is 7.14. The van der Waals surface area contributed by atoms with Gasteiger partial charge in [0.15, 0.2) is 0 Å². The van der Waals surface area contributed by atoms with Crippen LogP contribution in [0.1, 0.15) is 46.5 Å². The first-order valence-electron chi connectivity index (χ1n) is 9.50. The number of fused-ring (bicyclic) bond motifs is 1. The van der Waals surface area contributed by atoms with Crippen molar-refractivity contribution >= 4 is 33.8 Å². The molecule has 140 valence electrons. The lowest BCUT2D eigenvalue weighted by atomic mass is 9.95. The average molecular weight is 381 g/mol. The van der Waals surface area contributed by atoms with Gasteiger partial charge in [0.1, 0.15) is 0 Å². The molecule has 1 unspecified atom stereocenters. The van der Waals surface area contributed by atoms with Gasteiger partial charge in [-0.2, -0.15) is 0 Å². The maximum Gasteiger partial charge on any atom is 0.335 e. The summed E-state index contributed by atoms with van der Waals surface area (Å²) in [4.78, 5) is 15.9. The Morgan fingerprint density at radius 2 is 2.19 bits per heavy atom. The van der Waals surface area contributed by atoms with Gasteiger partial charge in [0.2, 0.25) is 0 Å². The Balaban J connectivity index is 1.30. The van der Waals surface area contributed by atoms with Crippen molar-refractivity contribution in [2.24, 2.45) is 0 Å². The molecule has 3 N–H and O–H groups in total. The third-order valence-electron chi connectivity index (χ3n) is 5.32. The van der Waals surface area contributed by atoms with Crippen LogP contribution in [0.4, 0.5) is 0 Å². The fourth-order valence-corrected chi connectivity index (χ4v) is 4.64. The lowest BCUT2D eigenvalue weighted by molar-refractivity contribution is 0.0697. The molecule has 0 saturated heterocycles. The number of aromatic carboxylic acids is 1. The van der Waals surface area contributed by atoms with Crippen molar-refractivity contribution in [3.05, 3.63) is 64.0 Å². The Labute approximate surface area is 162 Å². The van der Waals surface area contributed by atoms with Gasteiger partial charge in [-0.1, -0.05) is 18.6 Å². The van der Waals surface area contributed by atoms with Crippen LogP contribution >= 0.6 is 11.3 Å². The van der Waals surface area contributed by atoms with Crippen LogP contribution in [0.5, 0.6) is 0 Å². The second kappa shape index (κ2) is 8.11. The number of hydrogen-bond donors (Lipinski definition) is 3. The molecule has 3 aromatic rings. The van der Waals surface area contributed by atoms with Gasteiger partial charge in [0.25, 0.3) is 0 Å². The van der Waals surface area contributed by atoms with E-state index >= 15 is 0 Å². The lowest BCUT2D eigenvalue weighted by Gasteiger charge is -2.24. The van der Waals surface area contributed by atoms with Gasteiger partial charge in [-0.25, -0.2) is 4.79 Å². The van der Waals surface area contributed by atoms with Gasteiger partial charge in [0.05, 0.1) is 5.56 Å². The Hall–Kier alpha value is -2.37. The molecule has 1 aromatic carbocycles. The molecule has 2 aromatic heterocycles. The number of carboxylic acids is 1. The van der Waals surface area contributed by atoms with E-state index in [0.29, 0.717) is 11.6 Å². The number of aromatic amines is 1. The van der Waals surface area contributed by atoms with E-state index in [9.17, 15) is 9.90 Å². The number of nitrogens with one attached hydrogen (secondary N) is 2. The summed E-state index contributed by atoms with van der Waals surface area (Å²) in [6, 6.07) is 10.2. The number of hydrogen-bond acceptors (Lipinski definition) is 3. The Kier molecular flexibility index (Phi) is 5.41. The van der Waals surface area contributed by atoms with Crippen LogP contribution in [0, 0.1) is 0 Å². The Morgan fingerprint density at radius 3 is 3.00 bits per heavy atom. The van der Waals surface area contributed by atoms with Gasteiger partial charge in [-0.15, -0.1) is 11.3 Å². The summed E-state index contributed by atoms with van der Waals surface area (Å²) in [5.41, 5.74) is 4.05. The minimum atomic E-state index is -0.873. The Bertz CT molecular complexity index is 956. The van der Waals surface area contributed by atoms with Crippen molar-refractivity contribution in [1.82, 2.24) is 10.3 Å². The number of rotatable bonds is 7. The van der Waals surface area contributed by atoms with E-state index in [1.807, 2.05) is 23.6 Å². The number of carboxylic acid groups (broad SMARTS) is 1. The van der Waals surface area contributed by atoms with Crippen LogP contribution < -0.4 is 5.32 Å². The smallest absolute Gasteiger partial charge is 0.335 e. The molecule has 4 rings (SSSR count). The maximum atomic E-state index is 11.2. The summed E-state index contributed by atoms with van der Waals surface area (Å²) in [5, 5.41) is 16.0. The molecule has 4 nitrogen and oxygen atoms in total. The van der Waals surface area contributed by atoms with Gasteiger partial charge < -0.3 is 15.4 Å². The highest BCUT2D eigenvalue weighted by atomic mass is 32.1. The first-order valence-corrected chi connectivity index (χ1v) is 10.4. The number of thiophene rings is 1. The highest BCUT2D eigenvalue weighted by Crippen LogP contribution is 2.28. The summed E-state index contributed by atoms with van der Waals surface area (Å²) in [7, 11) is 0. The molecule has 0 bridgehead atoms. The summed E-state index contributed by atoms with van der Waals surface area (Å²) in [6.07, 6.45) is 9.87. The molecule has 3 heterocycles. The lowest BCUT2D eigenvalue weighted by Crippen LogP contribution is -2.32. The fraction of sp³-hybridized carbons (Fsp3) is 0.318. The van der Waals surface area contributed by atoms with E-state index in [-0.39, 0.29) is 0 Å². The second-order valence-corrected chi connectivity index (χ2v) is 8.09. The Morgan fingerprint density at radius 1 is 1.26 bits per heavy atom. The molecule has 1 aliphatic rings. The highest BCUT2D eigenvalue weighted by molar-refractivity contribution is 7.11. The molecular formula is C22H24N2O2S. The zero-order valence-corrected chi connectivity index (χ0v) is 16.0. The van der Waals surface area contributed by atoms with Gasteiger partial charge in [-0.05, 0) is 66.5 Å². The number of H-pyrrole nitrogens is 1. The summed E-state index contributed by atoms with van der Waals surface area (Å²) >= 11 is 1.82. The van der Waals surface area contributed by atoms with Gasteiger partial charge >= 0.3 is 5.97 Å². The van der Waals surface area contributed by atoms with E-state index < -0.39 is 5.97 Å². The number of aryl methyl sites for hydroxylation is 1. The molecule has 0 amide bonds. The monoisotopic (exact) mass is 380 g/mol. The highest BCUT2D eigenvalue weighted by Gasteiger charge is 2.16. The standard InChI is InChI=1S/C22H24N2O2S/c25-22(26)16-7-8-20-19(13-16)17(14-24-20)4-1-2-5-18-12-15(9-10-23-18)21-6-3-11-27-21/h3,6-9,11,13-14,18,23-24H,1-2,4-5,10,12H2,(H,25,26). The van der Waals surface area contributed by atoms with E-state index in [1.54, 1.807) is 12.1 Å². The molecular weight excluding hydrogens is 356 g/mol. The first kappa shape index (κ1) is 18.0. The maximum absolute atomic E-state index is 11.2. The minimum absolute atomic E-state index is 0.350. The number of unbranched alkanes of at least 4 members (excludes halogenated alkanes) is 1. The van der Waals surface area contributed by atoms with Crippen molar-refractivity contribution in [3.8, 4) is 0 Å². The van der Waals surface area contributed by atoms with E-state index in [1.165, 1.54) is 28.9 Å². The number of carbonyl (C=O) groups is 1. The molecule has 5 heteroatoms. The molecule has 1 atom stereocenters. The van der Waals surface area contributed by atoms with Crippen molar-refractivity contribution < 1.29 is 9.90 Å². The molecule has 0 fully saturated rings. The third kappa shape index (κ3) is 4.15. The van der Waals surface area contributed by atoms with Crippen LogP contribution in [0.3, 0.4) is 0 Å². The molecule has 0 spiro atoms. The van der Waals surface area contributed by atoms with E-state index in [2.05, 4.69) is 33.9 Å². The predicted molar refractivity (Wildman–Crippen MR) is 112 cm³/mol. The van der Waals surface area contributed by atoms with Crippen LogP contribution in [-0.2, 0) is 6.42 Å². The van der Waals surface area contributed by atoms with Crippen molar-refractivity contribution in [2.45, 2.75) is 38.1 Å². The normalized spacial score (nSPS) is 17.2. The van der Waals surface area contributed by atoms with Crippen LogP contribution in [-0.4, -0.2) is 28.6 Å². The van der Waals surface area contributed by atoms with Crippen molar-refractivity contribution in [2.75, 3.05) is 6.54 Å². The van der Waals surface area contributed by atoms with Gasteiger partial charge in [0, 0.05) is 34.6 Å². The number of aromatic nitrogens is 1. The van der Waals surface area contributed by atoms with Crippen molar-refractivity contribution in [1.29, 1.82) is 0 Å². The van der Waals surface area contributed by atoms with Gasteiger partial charge in [-0.3, -0.25) is 0 Å². The SMILES string of the molecule is O=C(O)c1ccc2[nH]cc(CCCCC3CC(c4cccs4)=CCN3)c2c1. The van der Waals surface area contributed by atoms with Crippen molar-refractivity contribution in [3.63, 3.8) is 0 Å². The third-order valence-corrected chi connectivity index (χ3v) is 6.27. The summed E-state index contributed by atoms with van der Waals surface area (Å²) in [6.45, 7) is 0.957. The fourth-order valence-electron chi connectivity index (χ4n) is 3.86. The quantitative estimate of drug-likeness (QED) is 0.501. The van der Waals surface area contributed by atoms with Crippen LogP contribution in [0.25, 0.3) is 16.5 Å². The molecule has 0 aliphatic carbocycles. The minimum Gasteiger partial charge on any atom is -0.478 e. The molecule has 1 aliphatic heterocycles. The number of benzene rings is 1. The largest absolute Gasteiger partial charge is 0.478 e. The predicted octanol–water partition coefficient (Wildman–Crippen LogP) is 5.09. The average Bonchev–Trinajstić information content (AvgIpc) is 3.35. The van der Waals surface area contributed by atoms with E-state index in [0.717, 1.165) is 36.7 Å². The topological polar surface area (TPSA) is 65.1 Å². The molecule has 0 saturated carbocycles. The van der Waals surface area contributed by atoms with E-state index in [4.69, 9.17) is 0 Å². The first-order chi connectivity index (χ1) is 13.2.